The van der Waals surface area contributed by atoms with Crippen molar-refractivity contribution in [2.24, 2.45) is 11.5 Å². The van der Waals surface area contributed by atoms with E-state index in [1.807, 2.05) is 6.92 Å². The van der Waals surface area contributed by atoms with Gasteiger partial charge in [0.05, 0.1) is 0 Å². The first-order chi connectivity index (χ1) is 5.27. The van der Waals surface area contributed by atoms with E-state index in [-0.39, 0.29) is 0 Å². The molecule has 0 aliphatic rings. The fourth-order valence-electron chi connectivity index (χ4n) is 0.901. The maximum absolute atomic E-state index is 5.59. The molecule has 5 N–H and O–H groups in total. The van der Waals surface area contributed by atoms with E-state index in [0.29, 0.717) is 6.04 Å². The van der Waals surface area contributed by atoms with E-state index < -0.39 is 0 Å². The lowest BCUT2D eigenvalue weighted by atomic mass is 10.2. The predicted molar refractivity (Wildman–Crippen MR) is 49.4 cm³/mol. The number of nitrogens with one attached hydrogen (secondary N) is 1. The van der Waals surface area contributed by atoms with Gasteiger partial charge in [0.2, 0.25) is 0 Å². The molecule has 3 nitrogen and oxygen atoms in total. The molecule has 0 saturated heterocycles. The minimum atomic E-state index is 0.339. The molecule has 0 aromatic heterocycles. The molecule has 0 rings (SSSR count). The van der Waals surface area contributed by atoms with Crippen molar-refractivity contribution in [2.75, 3.05) is 19.6 Å². The minimum absolute atomic E-state index is 0.339. The molecule has 0 fully saturated rings. The van der Waals surface area contributed by atoms with Crippen molar-refractivity contribution in [3.63, 3.8) is 0 Å². The Morgan fingerprint density at radius 1 is 1.27 bits per heavy atom. The molecule has 0 spiro atoms. The van der Waals surface area contributed by atoms with Gasteiger partial charge in [-0.2, -0.15) is 0 Å². The van der Waals surface area contributed by atoms with Crippen LogP contribution in [0.3, 0.4) is 0 Å². The summed E-state index contributed by atoms with van der Waals surface area (Å²) in [5.74, 6) is 0. The lowest BCUT2D eigenvalue weighted by molar-refractivity contribution is 0.568. The second-order valence-corrected chi connectivity index (χ2v) is 3.01. The van der Waals surface area contributed by atoms with Crippen LogP contribution in [0.4, 0.5) is 0 Å². The standard InChI is InChI=1S/C8H21N3/c1-8(10)4-2-6-11-7-3-5-9/h8,11H,2-7,9-10H2,1H3. The van der Waals surface area contributed by atoms with Crippen molar-refractivity contribution in [1.82, 2.24) is 5.32 Å². The molecule has 68 valence electrons. The van der Waals surface area contributed by atoms with E-state index in [0.717, 1.165) is 32.5 Å². The van der Waals surface area contributed by atoms with Crippen LogP contribution in [0.5, 0.6) is 0 Å². The average molecular weight is 159 g/mol. The van der Waals surface area contributed by atoms with Crippen LogP contribution >= 0.6 is 0 Å². The third-order valence-electron chi connectivity index (χ3n) is 1.57. The zero-order chi connectivity index (χ0) is 8.53. The Balaban J connectivity index is 2.80. The summed E-state index contributed by atoms with van der Waals surface area (Å²) < 4.78 is 0. The van der Waals surface area contributed by atoms with Gasteiger partial charge in [-0.1, -0.05) is 0 Å². The quantitative estimate of drug-likeness (QED) is 0.460. The van der Waals surface area contributed by atoms with Crippen LogP contribution in [0.15, 0.2) is 0 Å². The number of rotatable bonds is 7. The van der Waals surface area contributed by atoms with Gasteiger partial charge in [0.25, 0.3) is 0 Å². The topological polar surface area (TPSA) is 64.1 Å². The molecule has 1 atom stereocenters. The Morgan fingerprint density at radius 3 is 2.45 bits per heavy atom. The largest absolute Gasteiger partial charge is 0.330 e. The minimum Gasteiger partial charge on any atom is -0.330 e. The van der Waals surface area contributed by atoms with Crippen LogP contribution in [0, 0.1) is 0 Å². The van der Waals surface area contributed by atoms with Crippen LogP contribution in [-0.4, -0.2) is 25.7 Å². The van der Waals surface area contributed by atoms with Crippen molar-refractivity contribution >= 4 is 0 Å². The Hall–Kier alpha value is -0.120. The summed E-state index contributed by atoms with van der Waals surface area (Å²) in [6.45, 7) is 4.93. The molecule has 0 radical (unpaired) electrons. The van der Waals surface area contributed by atoms with E-state index >= 15 is 0 Å². The monoisotopic (exact) mass is 159 g/mol. The lowest BCUT2D eigenvalue weighted by Crippen LogP contribution is -2.22. The van der Waals surface area contributed by atoms with Crippen molar-refractivity contribution in [3.05, 3.63) is 0 Å². The highest BCUT2D eigenvalue weighted by Crippen LogP contribution is 1.90. The SMILES string of the molecule is CC(N)CCCNCCCN. The first-order valence-corrected chi connectivity index (χ1v) is 4.43. The summed E-state index contributed by atoms with van der Waals surface area (Å²) in [5.41, 5.74) is 10.9. The van der Waals surface area contributed by atoms with Crippen LogP contribution in [0.2, 0.25) is 0 Å². The number of hydrogen-bond donors (Lipinski definition) is 3. The molecule has 0 aliphatic carbocycles. The molecular formula is C8H21N3. The number of hydrogen-bond acceptors (Lipinski definition) is 3. The highest BCUT2D eigenvalue weighted by Gasteiger charge is 1.92. The van der Waals surface area contributed by atoms with Crippen LogP contribution in [0.25, 0.3) is 0 Å². The first-order valence-electron chi connectivity index (χ1n) is 4.43. The number of nitrogens with two attached hydrogens (primary N) is 2. The summed E-state index contributed by atoms with van der Waals surface area (Å²) in [5, 5.41) is 3.31. The summed E-state index contributed by atoms with van der Waals surface area (Å²) in [7, 11) is 0. The van der Waals surface area contributed by atoms with Crippen molar-refractivity contribution in [1.29, 1.82) is 0 Å². The highest BCUT2D eigenvalue weighted by atomic mass is 14.8. The second-order valence-electron chi connectivity index (χ2n) is 3.01. The molecular weight excluding hydrogens is 138 g/mol. The fraction of sp³-hybridized carbons (Fsp3) is 1.00. The summed E-state index contributed by atoms with van der Waals surface area (Å²) in [6, 6.07) is 0.339. The van der Waals surface area contributed by atoms with E-state index in [1.54, 1.807) is 0 Å². The third-order valence-corrected chi connectivity index (χ3v) is 1.57. The van der Waals surface area contributed by atoms with E-state index in [9.17, 15) is 0 Å². The molecule has 11 heavy (non-hydrogen) atoms. The van der Waals surface area contributed by atoms with Gasteiger partial charge in [0.15, 0.2) is 0 Å². The molecule has 0 aromatic carbocycles. The first kappa shape index (κ1) is 10.9. The Labute approximate surface area is 69.5 Å². The second kappa shape index (κ2) is 7.98. The van der Waals surface area contributed by atoms with Gasteiger partial charge in [-0.25, -0.2) is 0 Å². The van der Waals surface area contributed by atoms with Gasteiger partial charge < -0.3 is 16.8 Å². The van der Waals surface area contributed by atoms with Crippen molar-refractivity contribution in [3.8, 4) is 0 Å². The smallest absolute Gasteiger partial charge is 0.00109 e. The van der Waals surface area contributed by atoms with Crippen molar-refractivity contribution in [2.45, 2.75) is 32.2 Å². The van der Waals surface area contributed by atoms with Gasteiger partial charge in [-0.15, -0.1) is 0 Å². The maximum atomic E-state index is 5.59. The van der Waals surface area contributed by atoms with Gasteiger partial charge in [0, 0.05) is 6.04 Å². The van der Waals surface area contributed by atoms with Crippen LogP contribution in [0.1, 0.15) is 26.2 Å². The molecule has 3 heteroatoms. The zero-order valence-corrected chi connectivity index (χ0v) is 7.47. The average Bonchev–Trinajstić information content (AvgIpc) is 1.96. The Kier molecular flexibility index (Phi) is 7.89. The third kappa shape index (κ3) is 9.88. The molecule has 0 aliphatic heterocycles. The lowest BCUT2D eigenvalue weighted by Gasteiger charge is -2.05. The molecule has 0 bridgehead atoms. The van der Waals surface area contributed by atoms with E-state index in [4.69, 9.17) is 11.5 Å². The highest BCUT2D eigenvalue weighted by molar-refractivity contribution is 4.55. The van der Waals surface area contributed by atoms with Gasteiger partial charge >= 0.3 is 0 Å². The van der Waals surface area contributed by atoms with E-state index in [2.05, 4.69) is 5.32 Å². The Bertz CT molecular complexity index is 73.7. The normalized spacial score (nSPS) is 13.4. The maximum Gasteiger partial charge on any atom is 0.00109 e. The zero-order valence-electron chi connectivity index (χ0n) is 7.47. The van der Waals surface area contributed by atoms with Crippen molar-refractivity contribution < 1.29 is 0 Å². The van der Waals surface area contributed by atoms with E-state index in [1.165, 1.54) is 6.42 Å². The van der Waals surface area contributed by atoms with Gasteiger partial charge in [-0.05, 0) is 45.8 Å². The molecule has 1 unspecified atom stereocenters. The summed E-state index contributed by atoms with van der Waals surface area (Å²) in [4.78, 5) is 0. The molecule has 0 saturated carbocycles. The fourth-order valence-corrected chi connectivity index (χ4v) is 0.901. The van der Waals surface area contributed by atoms with Crippen LogP contribution in [-0.2, 0) is 0 Å². The Morgan fingerprint density at radius 2 is 1.91 bits per heavy atom. The molecule has 0 heterocycles. The van der Waals surface area contributed by atoms with Gasteiger partial charge in [-0.3, -0.25) is 0 Å². The summed E-state index contributed by atoms with van der Waals surface area (Å²) in [6.07, 6.45) is 3.34. The van der Waals surface area contributed by atoms with Crippen LogP contribution < -0.4 is 16.8 Å². The molecule has 0 aromatic rings. The van der Waals surface area contributed by atoms with Gasteiger partial charge in [0.1, 0.15) is 0 Å². The molecule has 0 amide bonds. The predicted octanol–water partition coefficient (Wildman–Crippen LogP) is 0.0522. The summed E-state index contributed by atoms with van der Waals surface area (Å²) >= 11 is 0.